The molecular formula is C23H19NO2. The highest BCUT2D eigenvalue weighted by atomic mass is 16.5. The molecular weight excluding hydrogens is 322 g/mol. The summed E-state index contributed by atoms with van der Waals surface area (Å²) in [5.74, 6) is 0.745. The van der Waals surface area contributed by atoms with Crippen LogP contribution in [0.1, 0.15) is 27.5 Å². The highest BCUT2D eigenvalue weighted by Gasteiger charge is 2.20. The van der Waals surface area contributed by atoms with E-state index < -0.39 is 0 Å². The van der Waals surface area contributed by atoms with Gasteiger partial charge in [0.15, 0.2) is 6.29 Å². The van der Waals surface area contributed by atoms with Crippen molar-refractivity contribution in [3.63, 3.8) is 0 Å². The van der Waals surface area contributed by atoms with Crippen LogP contribution in [0, 0.1) is 0 Å². The average Bonchev–Trinajstić information content (AvgIpc) is 3.07. The third-order valence-corrected chi connectivity index (χ3v) is 4.71. The van der Waals surface area contributed by atoms with Crippen LogP contribution in [-0.2, 0) is 0 Å². The largest absolute Gasteiger partial charge is 0.497 e. The summed E-state index contributed by atoms with van der Waals surface area (Å²) in [5.41, 5.74) is 4.01. The SMILES string of the molecule is COc1ccc2c(c1)c(C=O)cn2C(c1ccccc1)c1ccccc1. The minimum absolute atomic E-state index is 0.0120. The lowest BCUT2D eigenvalue weighted by Gasteiger charge is -2.21. The number of aromatic nitrogens is 1. The van der Waals surface area contributed by atoms with Crippen LogP contribution in [0.3, 0.4) is 0 Å². The van der Waals surface area contributed by atoms with Crippen molar-refractivity contribution in [1.82, 2.24) is 4.57 Å². The van der Waals surface area contributed by atoms with Crippen molar-refractivity contribution in [1.29, 1.82) is 0 Å². The Morgan fingerprint density at radius 3 is 2.04 bits per heavy atom. The van der Waals surface area contributed by atoms with Gasteiger partial charge >= 0.3 is 0 Å². The van der Waals surface area contributed by atoms with Gasteiger partial charge in [0.25, 0.3) is 0 Å². The second-order valence-corrected chi connectivity index (χ2v) is 6.22. The van der Waals surface area contributed by atoms with Crippen LogP contribution in [0.25, 0.3) is 10.9 Å². The molecule has 3 aromatic carbocycles. The fourth-order valence-corrected chi connectivity index (χ4v) is 3.48. The Balaban J connectivity index is 1.99. The topological polar surface area (TPSA) is 31.2 Å². The van der Waals surface area contributed by atoms with Crippen molar-refractivity contribution >= 4 is 17.2 Å². The molecule has 26 heavy (non-hydrogen) atoms. The first kappa shape index (κ1) is 16.2. The van der Waals surface area contributed by atoms with E-state index >= 15 is 0 Å². The minimum atomic E-state index is -0.0120. The fourth-order valence-electron chi connectivity index (χ4n) is 3.48. The van der Waals surface area contributed by atoms with E-state index in [1.807, 2.05) is 60.8 Å². The number of rotatable bonds is 5. The van der Waals surface area contributed by atoms with Crippen molar-refractivity contribution in [2.24, 2.45) is 0 Å². The molecule has 0 aliphatic rings. The lowest BCUT2D eigenvalue weighted by Crippen LogP contribution is -2.11. The zero-order valence-electron chi connectivity index (χ0n) is 14.5. The maximum Gasteiger partial charge on any atom is 0.152 e. The first-order chi connectivity index (χ1) is 12.8. The number of hydrogen-bond donors (Lipinski definition) is 0. The summed E-state index contributed by atoms with van der Waals surface area (Å²) < 4.78 is 7.51. The molecule has 0 aliphatic carbocycles. The van der Waals surface area contributed by atoms with Crippen LogP contribution in [-0.4, -0.2) is 18.0 Å². The predicted molar refractivity (Wildman–Crippen MR) is 104 cm³/mol. The number of carbonyl (C=O) groups is 1. The van der Waals surface area contributed by atoms with E-state index in [1.54, 1.807) is 7.11 Å². The second kappa shape index (κ2) is 6.89. The van der Waals surface area contributed by atoms with Gasteiger partial charge in [-0.15, -0.1) is 0 Å². The number of nitrogens with zero attached hydrogens (tertiary/aromatic N) is 1. The van der Waals surface area contributed by atoms with E-state index in [2.05, 4.69) is 28.8 Å². The van der Waals surface area contributed by atoms with Crippen molar-refractivity contribution in [3.05, 3.63) is 102 Å². The molecule has 0 bridgehead atoms. The Morgan fingerprint density at radius 2 is 1.50 bits per heavy atom. The van der Waals surface area contributed by atoms with Crippen molar-refractivity contribution in [2.45, 2.75) is 6.04 Å². The Kier molecular flexibility index (Phi) is 4.28. The Morgan fingerprint density at radius 1 is 0.885 bits per heavy atom. The van der Waals surface area contributed by atoms with Gasteiger partial charge < -0.3 is 9.30 Å². The average molecular weight is 341 g/mol. The zero-order valence-corrected chi connectivity index (χ0v) is 14.5. The fraction of sp³-hybridized carbons (Fsp3) is 0.0870. The Labute approximate surface area is 152 Å². The lowest BCUT2D eigenvalue weighted by molar-refractivity contribution is 0.112. The normalized spacial score (nSPS) is 11.0. The molecule has 0 saturated heterocycles. The smallest absolute Gasteiger partial charge is 0.152 e. The standard InChI is InChI=1S/C23H19NO2/c1-26-20-12-13-22-21(14-20)19(16-25)15-24(22)23(17-8-4-2-5-9-17)18-10-6-3-7-11-18/h2-16,23H,1H3. The molecule has 0 aliphatic heterocycles. The summed E-state index contributed by atoms with van der Waals surface area (Å²) in [6.07, 6.45) is 2.84. The van der Waals surface area contributed by atoms with Gasteiger partial charge in [0.2, 0.25) is 0 Å². The molecule has 0 amide bonds. The van der Waals surface area contributed by atoms with E-state index in [-0.39, 0.29) is 6.04 Å². The van der Waals surface area contributed by atoms with Crippen LogP contribution in [0.15, 0.2) is 85.1 Å². The number of benzene rings is 3. The molecule has 4 aromatic rings. The molecule has 4 rings (SSSR count). The van der Waals surface area contributed by atoms with Crippen molar-refractivity contribution in [3.8, 4) is 5.75 Å². The van der Waals surface area contributed by atoms with Crippen molar-refractivity contribution in [2.75, 3.05) is 7.11 Å². The number of ether oxygens (including phenoxy) is 1. The van der Waals surface area contributed by atoms with Crippen LogP contribution in [0.5, 0.6) is 5.75 Å². The van der Waals surface area contributed by atoms with Crippen LogP contribution < -0.4 is 4.74 Å². The van der Waals surface area contributed by atoms with Gasteiger partial charge in [-0.25, -0.2) is 0 Å². The monoisotopic (exact) mass is 341 g/mol. The van der Waals surface area contributed by atoms with E-state index in [0.29, 0.717) is 5.56 Å². The number of fused-ring (bicyclic) bond motifs is 1. The first-order valence-electron chi connectivity index (χ1n) is 8.55. The summed E-state index contributed by atoms with van der Waals surface area (Å²) in [6.45, 7) is 0. The Bertz CT molecular complexity index is 996. The van der Waals surface area contributed by atoms with Crippen molar-refractivity contribution < 1.29 is 9.53 Å². The molecule has 0 radical (unpaired) electrons. The number of aldehydes is 1. The van der Waals surface area contributed by atoms with E-state index in [9.17, 15) is 4.79 Å². The summed E-state index contributed by atoms with van der Waals surface area (Å²) in [6, 6.07) is 26.5. The highest BCUT2D eigenvalue weighted by Crippen LogP contribution is 2.33. The quantitative estimate of drug-likeness (QED) is 0.473. The van der Waals surface area contributed by atoms with Gasteiger partial charge in [-0.3, -0.25) is 4.79 Å². The number of methoxy groups -OCH3 is 1. The maximum atomic E-state index is 11.7. The van der Waals surface area contributed by atoms with Gasteiger partial charge in [-0.2, -0.15) is 0 Å². The minimum Gasteiger partial charge on any atom is -0.497 e. The predicted octanol–water partition coefficient (Wildman–Crippen LogP) is 5.10. The van der Waals surface area contributed by atoms with Crippen LogP contribution in [0.2, 0.25) is 0 Å². The summed E-state index contributed by atoms with van der Waals surface area (Å²) in [4.78, 5) is 11.7. The summed E-state index contributed by atoms with van der Waals surface area (Å²) in [7, 11) is 1.63. The maximum absolute atomic E-state index is 11.7. The second-order valence-electron chi connectivity index (χ2n) is 6.22. The van der Waals surface area contributed by atoms with Gasteiger partial charge in [0, 0.05) is 22.7 Å². The molecule has 1 aromatic heterocycles. The summed E-state index contributed by atoms with van der Waals surface area (Å²) in [5, 5.41) is 0.899. The summed E-state index contributed by atoms with van der Waals surface area (Å²) >= 11 is 0. The van der Waals surface area contributed by atoms with Crippen LogP contribution in [0.4, 0.5) is 0 Å². The highest BCUT2D eigenvalue weighted by molar-refractivity contribution is 5.98. The van der Waals surface area contributed by atoms with E-state index in [1.165, 1.54) is 11.1 Å². The van der Waals surface area contributed by atoms with Gasteiger partial charge in [-0.05, 0) is 29.3 Å². The number of hydrogen-bond acceptors (Lipinski definition) is 2. The van der Waals surface area contributed by atoms with Gasteiger partial charge in [0.05, 0.1) is 13.2 Å². The molecule has 3 heteroatoms. The zero-order chi connectivity index (χ0) is 17.9. The molecule has 0 saturated carbocycles. The first-order valence-corrected chi connectivity index (χ1v) is 8.55. The van der Waals surface area contributed by atoms with E-state index in [4.69, 9.17) is 4.74 Å². The molecule has 3 nitrogen and oxygen atoms in total. The molecule has 0 spiro atoms. The van der Waals surface area contributed by atoms with Gasteiger partial charge in [-0.1, -0.05) is 60.7 Å². The lowest BCUT2D eigenvalue weighted by atomic mass is 9.98. The number of carbonyl (C=O) groups excluding carboxylic acids is 1. The Hall–Kier alpha value is -3.33. The molecule has 0 atom stereocenters. The molecule has 0 fully saturated rings. The van der Waals surface area contributed by atoms with Crippen LogP contribution >= 0.6 is 0 Å². The molecule has 0 N–H and O–H groups in total. The van der Waals surface area contributed by atoms with E-state index in [0.717, 1.165) is 22.9 Å². The third kappa shape index (κ3) is 2.78. The van der Waals surface area contributed by atoms with Gasteiger partial charge in [0.1, 0.15) is 5.75 Å². The molecule has 1 heterocycles. The molecule has 0 unspecified atom stereocenters. The third-order valence-electron chi connectivity index (χ3n) is 4.71. The molecule has 128 valence electrons.